The number of carbonyl (C=O) groups is 1. The van der Waals surface area contributed by atoms with Crippen LogP contribution < -0.4 is 16.2 Å². The zero-order valence-corrected chi connectivity index (χ0v) is 10.8. The van der Waals surface area contributed by atoms with Gasteiger partial charge < -0.3 is 16.2 Å². The van der Waals surface area contributed by atoms with E-state index in [2.05, 4.69) is 0 Å². The molecule has 4 heteroatoms. The highest BCUT2D eigenvalue weighted by Crippen LogP contribution is 2.28. The topological polar surface area (TPSA) is 78.3 Å². The Hall–Kier alpha value is -1.55. The van der Waals surface area contributed by atoms with E-state index < -0.39 is 11.9 Å². The van der Waals surface area contributed by atoms with Crippen LogP contribution in [0.4, 0.5) is 0 Å². The van der Waals surface area contributed by atoms with Gasteiger partial charge in [0.05, 0.1) is 13.2 Å². The van der Waals surface area contributed by atoms with Gasteiger partial charge in [0.1, 0.15) is 5.75 Å². The van der Waals surface area contributed by atoms with Gasteiger partial charge in [0.25, 0.3) is 0 Å². The molecule has 4 nitrogen and oxygen atoms in total. The molecule has 1 rings (SSSR count). The molecule has 1 atom stereocenters. The van der Waals surface area contributed by atoms with E-state index in [1.807, 2.05) is 26.8 Å². The van der Waals surface area contributed by atoms with E-state index in [1.54, 1.807) is 7.11 Å². The second kappa shape index (κ2) is 5.19. The quantitative estimate of drug-likeness (QED) is 0.817. The third-order valence-corrected chi connectivity index (χ3v) is 3.22. The molecule has 0 aliphatic heterocycles. The minimum Gasteiger partial charge on any atom is -0.496 e. The number of benzene rings is 1. The number of aryl methyl sites for hydroxylation is 1. The van der Waals surface area contributed by atoms with Gasteiger partial charge in [-0.05, 0) is 55.5 Å². The van der Waals surface area contributed by atoms with Crippen LogP contribution in [0.2, 0.25) is 0 Å². The summed E-state index contributed by atoms with van der Waals surface area (Å²) in [6, 6.07) is 1.32. The van der Waals surface area contributed by atoms with Crippen molar-refractivity contribution in [1.29, 1.82) is 0 Å². The van der Waals surface area contributed by atoms with E-state index >= 15 is 0 Å². The van der Waals surface area contributed by atoms with Crippen molar-refractivity contribution in [1.82, 2.24) is 0 Å². The second-order valence-corrected chi connectivity index (χ2v) is 4.34. The number of methoxy groups -OCH3 is 1. The zero-order valence-electron chi connectivity index (χ0n) is 10.8. The molecule has 94 valence electrons. The van der Waals surface area contributed by atoms with Crippen molar-refractivity contribution in [3.05, 3.63) is 28.3 Å². The van der Waals surface area contributed by atoms with Crippen molar-refractivity contribution in [3.63, 3.8) is 0 Å². The lowest BCUT2D eigenvalue weighted by Crippen LogP contribution is -2.38. The standard InChI is InChI=1S/C13H20N2O2/c1-7-5-12(17-4)9(3)8(2)10(7)6-11(14)13(15)16/h5,11H,6,14H2,1-4H3,(H2,15,16). The van der Waals surface area contributed by atoms with Crippen molar-refractivity contribution >= 4 is 5.91 Å². The lowest BCUT2D eigenvalue weighted by atomic mass is 9.92. The van der Waals surface area contributed by atoms with Gasteiger partial charge >= 0.3 is 0 Å². The van der Waals surface area contributed by atoms with Crippen LogP contribution in [-0.4, -0.2) is 19.1 Å². The summed E-state index contributed by atoms with van der Waals surface area (Å²) in [4.78, 5) is 11.0. The normalized spacial score (nSPS) is 12.3. The SMILES string of the molecule is COc1cc(C)c(CC(N)C(N)=O)c(C)c1C. The van der Waals surface area contributed by atoms with Crippen molar-refractivity contribution in [2.45, 2.75) is 33.2 Å². The van der Waals surface area contributed by atoms with Crippen LogP contribution in [0.5, 0.6) is 5.75 Å². The summed E-state index contributed by atoms with van der Waals surface area (Å²) >= 11 is 0. The Labute approximate surface area is 102 Å². The molecule has 0 heterocycles. The first-order chi connectivity index (χ1) is 7.88. The number of rotatable bonds is 4. The highest BCUT2D eigenvalue weighted by atomic mass is 16.5. The van der Waals surface area contributed by atoms with Crippen molar-refractivity contribution in [3.8, 4) is 5.75 Å². The molecular formula is C13H20N2O2. The smallest absolute Gasteiger partial charge is 0.234 e. The first-order valence-corrected chi connectivity index (χ1v) is 5.57. The molecule has 0 saturated carbocycles. The maximum absolute atomic E-state index is 11.0. The summed E-state index contributed by atoms with van der Waals surface area (Å²) in [7, 11) is 1.65. The molecule has 0 aliphatic carbocycles. The Morgan fingerprint density at radius 3 is 2.41 bits per heavy atom. The third kappa shape index (κ3) is 2.77. The molecule has 0 radical (unpaired) electrons. The van der Waals surface area contributed by atoms with Crippen LogP contribution in [0, 0.1) is 20.8 Å². The maximum Gasteiger partial charge on any atom is 0.234 e. The van der Waals surface area contributed by atoms with Gasteiger partial charge in [-0.1, -0.05) is 0 Å². The molecule has 0 saturated heterocycles. The summed E-state index contributed by atoms with van der Waals surface area (Å²) in [5, 5.41) is 0. The average Bonchev–Trinajstić information content (AvgIpc) is 2.28. The first-order valence-electron chi connectivity index (χ1n) is 5.57. The number of hydrogen-bond acceptors (Lipinski definition) is 3. The number of nitrogens with two attached hydrogens (primary N) is 2. The molecule has 4 N–H and O–H groups in total. The van der Waals surface area contributed by atoms with Crippen molar-refractivity contribution < 1.29 is 9.53 Å². The minimum absolute atomic E-state index is 0.470. The van der Waals surface area contributed by atoms with Gasteiger partial charge in [0.15, 0.2) is 0 Å². The Bertz CT molecular complexity index is 442. The molecule has 0 bridgehead atoms. The Kier molecular flexibility index (Phi) is 4.12. The highest BCUT2D eigenvalue weighted by Gasteiger charge is 2.16. The lowest BCUT2D eigenvalue weighted by molar-refractivity contribution is -0.119. The molecule has 1 aromatic carbocycles. The first kappa shape index (κ1) is 13.5. The van der Waals surface area contributed by atoms with Crippen LogP contribution in [0.3, 0.4) is 0 Å². The lowest BCUT2D eigenvalue weighted by Gasteiger charge is -2.17. The average molecular weight is 236 g/mol. The molecule has 1 unspecified atom stereocenters. The molecule has 17 heavy (non-hydrogen) atoms. The monoisotopic (exact) mass is 236 g/mol. The predicted molar refractivity (Wildman–Crippen MR) is 68.1 cm³/mol. The van der Waals surface area contributed by atoms with Crippen molar-refractivity contribution in [2.75, 3.05) is 7.11 Å². The summed E-state index contributed by atoms with van der Waals surface area (Å²) < 4.78 is 5.29. The van der Waals surface area contributed by atoms with Gasteiger partial charge in [-0.15, -0.1) is 0 Å². The van der Waals surface area contributed by atoms with E-state index in [0.717, 1.165) is 28.0 Å². The predicted octanol–water partition coefficient (Wildman–Crippen LogP) is 0.976. The van der Waals surface area contributed by atoms with Gasteiger partial charge in [-0.3, -0.25) is 4.79 Å². The van der Waals surface area contributed by atoms with Gasteiger partial charge in [-0.2, -0.15) is 0 Å². The fourth-order valence-electron chi connectivity index (χ4n) is 1.95. The number of carbonyl (C=O) groups excluding carboxylic acids is 1. The van der Waals surface area contributed by atoms with Gasteiger partial charge in [0.2, 0.25) is 5.91 Å². The Morgan fingerprint density at radius 2 is 1.94 bits per heavy atom. The maximum atomic E-state index is 11.0. The van der Waals surface area contributed by atoms with E-state index in [0.29, 0.717) is 6.42 Å². The number of ether oxygens (including phenoxy) is 1. The van der Waals surface area contributed by atoms with Gasteiger partial charge in [0, 0.05) is 0 Å². The molecule has 0 aromatic heterocycles. The number of amides is 1. The van der Waals surface area contributed by atoms with Crippen LogP contribution in [0.25, 0.3) is 0 Å². The molecule has 0 fully saturated rings. The van der Waals surface area contributed by atoms with Crippen LogP contribution in [0.1, 0.15) is 22.3 Å². The number of hydrogen-bond donors (Lipinski definition) is 2. The summed E-state index contributed by atoms with van der Waals surface area (Å²) in [6.45, 7) is 5.98. The van der Waals surface area contributed by atoms with E-state index in [1.165, 1.54) is 0 Å². The largest absolute Gasteiger partial charge is 0.496 e. The number of primary amides is 1. The van der Waals surface area contributed by atoms with Crippen LogP contribution in [-0.2, 0) is 11.2 Å². The Balaban J connectivity index is 3.17. The zero-order chi connectivity index (χ0) is 13.2. The highest BCUT2D eigenvalue weighted by molar-refractivity contribution is 5.80. The van der Waals surface area contributed by atoms with E-state index in [4.69, 9.17) is 16.2 Å². The van der Waals surface area contributed by atoms with Crippen LogP contribution in [0.15, 0.2) is 6.07 Å². The summed E-state index contributed by atoms with van der Waals surface area (Å²) in [5.41, 5.74) is 15.2. The molecule has 0 aliphatic rings. The third-order valence-electron chi connectivity index (χ3n) is 3.22. The molecule has 0 spiro atoms. The summed E-state index contributed by atoms with van der Waals surface area (Å²) in [5.74, 6) is 0.383. The fraction of sp³-hybridized carbons (Fsp3) is 0.462. The van der Waals surface area contributed by atoms with Crippen LogP contribution >= 0.6 is 0 Å². The molecule has 1 aromatic rings. The van der Waals surface area contributed by atoms with Crippen molar-refractivity contribution in [2.24, 2.45) is 11.5 Å². The molecular weight excluding hydrogens is 216 g/mol. The summed E-state index contributed by atoms with van der Waals surface area (Å²) in [6.07, 6.45) is 0.470. The Morgan fingerprint density at radius 1 is 1.35 bits per heavy atom. The van der Waals surface area contributed by atoms with E-state index in [-0.39, 0.29) is 0 Å². The molecule has 1 amide bonds. The fourth-order valence-corrected chi connectivity index (χ4v) is 1.95. The second-order valence-electron chi connectivity index (χ2n) is 4.34. The van der Waals surface area contributed by atoms with E-state index in [9.17, 15) is 4.79 Å². The van der Waals surface area contributed by atoms with Gasteiger partial charge in [-0.25, -0.2) is 0 Å². The minimum atomic E-state index is -0.639.